The summed E-state index contributed by atoms with van der Waals surface area (Å²) in [4.78, 5) is 13.1. The second kappa shape index (κ2) is 5.73. The first kappa shape index (κ1) is 15.1. The number of carbonyl (C=O) groups is 1. The van der Waals surface area contributed by atoms with Crippen molar-refractivity contribution in [2.75, 3.05) is 16.3 Å². The van der Waals surface area contributed by atoms with Gasteiger partial charge in [-0.2, -0.15) is 0 Å². The van der Waals surface area contributed by atoms with E-state index >= 15 is 0 Å². The van der Waals surface area contributed by atoms with E-state index in [1.165, 1.54) is 11.3 Å². The van der Waals surface area contributed by atoms with Crippen LogP contribution in [0.5, 0.6) is 0 Å². The Kier molecular flexibility index (Phi) is 3.92. The van der Waals surface area contributed by atoms with Crippen LogP contribution in [0, 0.1) is 0 Å². The smallest absolute Gasteiger partial charge is 0.266 e. The van der Waals surface area contributed by atoms with E-state index in [1.54, 1.807) is 24.3 Å². The van der Waals surface area contributed by atoms with E-state index in [-0.39, 0.29) is 5.91 Å². The molecule has 1 aliphatic rings. The van der Waals surface area contributed by atoms with Crippen LogP contribution in [0.4, 0.5) is 11.4 Å². The van der Waals surface area contributed by atoms with E-state index in [2.05, 4.69) is 10.0 Å². The molecule has 22 heavy (non-hydrogen) atoms. The topological polar surface area (TPSA) is 75.3 Å². The van der Waals surface area contributed by atoms with Crippen molar-refractivity contribution >= 4 is 38.6 Å². The van der Waals surface area contributed by atoms with Crippen molar-refractivity contribution in [3.8, 4) is 0 Å². The van der Waals surface area contributed by atoms with Gasteiger partial charge < -0.3 is 5.32 Å². The Balaban J connectivity index is 1.70. The Morgan fingerprint density at radius 1 is 1.14 bits per heavy atom. The molecule has 2 N–H and O–H groups in total. The van der Waals surface area contributed by atoms with Crippen LogP contribution < -0.4 is 10.0 Å². The van der Waals surface area contributed by atoms with Gasteiger partial charge in [-0.25, -0.2) is 8.42 Å². The van der Waals surface area contributed by atoms with Crippen molar-refractivity contribution in [3.63, 3.8) is 0 Å². The van der Waals surface area contributed by atoms with Gasteiger partial charge in [0.15, 0.2) is 0 Å². The summed E-state index contributed by atoms with van der Waals surface area (Å²) in [6.07, 6.45) is 3.41. The van der Waals surface area contributed by atoms with Crippen molar-refractivity contribution in [1.82, 2.24) is 0 Å². The largest absolute Gasteiger partial charge is 0.321 e. The minimum absolute atomic E-state index is 0.110. The molecule has 1 aromatic heterocycles. The SMILES string of the molecule is CS(=O)(=O)Nc1ccc(NC(=O)c2sccc2C2CC2)cc1. The monoisotopic (exact) mass is 336 g/mol. The molecular weight excluding hydrogens is 320 g/mol. The number of benzene rings is 1. The molecule has 1 aliphatic carbocycles. The molecule has 0 radical (unpaired) electrons. The molecule has 116 valence electrons. The predicted molar refractivity (Wildman–Crippen MR) is 89.2 cm³/mol. The van der Waals surface area contributed by atoms with Crippen LogP contribution in [0.3, 0.4) is 0 Å². The Bertz CT molecular complexity index is 790. The molecule has 5 nitrogen and oxygen atoms in total. The number of thiophene rings is 1. The highest BCUT2D eigenvalue weighted by molar-refractivity contribution is 7.92. The molecule has 1 saturated carbocycles. The van der Waals surface area contributed by atoms with Crippen LogP contribution in [-0.4, -0.2) is 20.6 Å². The van der Waals surface area contributed by atoms with Gasteiger partial charge in [0.1, 0.15) is 0 Å². The maximum Gasteiger partial charge on any atom is 0.266 e. The molecule has 0 atom stereocenters. The van der Waals surface area contributed by atoms with Crippen LogP contribution >= 0.6 is 11.3 Å². The average Bonchev–Trinajstić information content (AvgIpc) is 3.16. The van der Waals surface area contributed by atoms with E-state index in [0.717, 1.165) is 29.5 Å². The standard InChI is InChI=1S/C15H16N2O3S2/c1-22(19,20)17-12-6-4-11(5-7-12)16-15(18)14-13(8-9-21-14)10-2-3-10/h4-10,17H,2-3H2,1H3,(H,16,18). The molecular formula is C15H16N2O3S2. The van der Waals surface area contributed by atoms with Gasteiger partial charge in [-0.05, 0) is 60.0 Å². The van der Waals surface area contributed by atoms with E-state index in [1.807, 2.05) is 11.4 Å². The van der Waals surface area contributed by atoms with Crippen molar-refractivity contribution in [3.05, 3.63) is 46.2 Å². The van der Waals surface area contributed by atoms with Gasteiger partial charge in [0.25, 0.3) is 5.91 Å². The fourth-order valence-electron chi connectivity index (χ4n) is 2.24. The quantitative estimate of drug-likeness (QED) is 0.880. The summed E-state index contributed by atoms with van der Waals surface area (Å²) in [6, 6.07) is 8.61. The summed E-state index contributed by atoms with van der Waals surface area (Å²) < 4.78 is 24.7. The molecule has 1 heterocycles. The Hall–Kier alpha value is -1.86. The second-order valence-corrected chi connectivity index (χ2v) is 8.05. The van der Waals surface area contributed by atoms with Crippen LogP contribution in [0.15, 0.2) is 35.7 Å². The molecule has 1 aromatic carbocycles. The predicted octanol–water partition coefficient (Wildman–Crippen LogP) is 3.25. The zero-order chi connectivity index (χ0) is 15.7. The van der Waals surface area contributed by atoms with Gasteiger partial charge in [0.05, 0.1) is 11.1 Å². The molecule has 0 aliphatic heterocycles. The van der Waals surface area contributed by atoms with Crippen LogP contribution in [0.1, 0.15) is 34.0 Å². The molecule has 7 heteroatoms. The molecule has 1 amide bonds. The number of hydrogen-bond acceptors (Lipinski definition) is 4. The minimum Gasteiger partial charge on any atom is -0.321 e. The maximum atomic E-state index is 12.3. The lowest BCUT2D eigenvalue weighted by Crippen LogP contribution is -2.12. The number of nitrogens with one attached hydrogen (secondary N) is 2. The lowest BCUT2D eigenvalue weighted by atomic mass is 10.1. The third-order valence-corrected chi connectivity index (χ3v) is 4.90. The number of carbonyl (C=O) groups excluding carboxylic acids is 1. The van der Waals surface area contributed by atoms with Crippen LogP contribution in [0.2, 0.25) is 0 Å². The molecule has 2 aromatic rings. The number of amides is 1. The van der Waals surface area contributed by atoms with Crippen molar-refractivity contribution in [1.29, 1.82) is 0 Å². The highest BCUT2D eigenvalue weighted by atomic mass is 32.2. The van der Waals surface area contributed by atoms with Gasteiger partial charge in [0.2, 0.25) is 10.0 Å². The minimum atomic E-state index is -3.29. The van der Waals surface area contributed by atoms with E-state index in [9.17, 15) is 13.2 Å². The summed E-state index contributed by atoms with van der Waals surface area (Å²) in [6.45, 7) is 0. The highest BCUT2D eigenvalue weighted by Crippen LogP contribution is 2.43. The van der Waals surface area contributed by atoms with Gasteiger partial charge >= 0.3 is 0 Å². The summed E-state index contributed by atoms with van der Waals surface area (Å²) in [5.74, 6) is 0.425. The van der Waals surface area contributed by atoms with Crippen molar-refractivity contribution in [2.45, 2.75) is 18.8 Å². The maximum absolute atomic E-state index is 12.3. The van der Waals surface area contributed by atoms with Crippen LogP contribution in [-0.2, 0) is 10.0 Å². The molecule has 0 spiro atoms. The zero-order valence-electron chi connectivity index (χ0n) is 12.0. The first-order valence-electron chi connectivity index (χ1n) is 6.89. The van der Waals surface area contributed by atoms with E-state index in [0.29, 0.717) is 17.3 Å². The number of hydrogen-bond donors (Lipinski definition) is 2. The summed E-state index contributed by atoms with van der Waals surface area (Å²) in [5, 5.41) is 4.80. The normalized spacial score (nSPS) is 14.6. The summed E-state index contributed by atoms with van der Waals surface area (Å²) in [5.41, 5.74) is 2.24. The van der Waals surface area contributed by atoms with Crippen molar-refractivity contribution in [2.24, 2.45) is 0 Å². The average molecular weight is 336 g/mol. The molecule has 0 unspecified atom stereocenters. The van der Waals surface area contributed by atoms with Gasteiger partial charge in [0, 0.05) is 11.4 Å². The first-order chi connectivity index (χ1) is 10.4. The van der Waals surface area contributed by atoms with E-state index < -0.39 is 10.0 Å². The molecule has 0 bridgehead atoms. The lowest BCUT2D eigenvalue weighted by molar-refractivity contribution is 0.102. The van der Waals surface area contributed by atoms with E-state index in [4.69, 9.17) is 0 Å². The third-order valence-electron chi connectivity index (χ3n) is 3.37. The second-order valence-electron chi connectivity index (χ2n) is 5.39. The fourth-order valence-corrected chi connectivity index (χ4v) is 3.69. The molecule has 3 rings (SSSR count). The Morgan fingerprint density at radius 3 is 2.36 bits per heavy atom. The van der Waals surface area contributed by atoms with Gasteiger partial charge in [-0.15, -0.1) is 11.3 Å². The zero-order valence-corrected chi connectivity index (χ0v) is 13.6. The molecule has 1 fully saturated rings. The Morgan fingerprint density at radius 2 is 1.77 bits per heavy atom. The lowest BCUT2D eigenvalue weighted by Gasteiger charge is -2.08. The molecule has 0 saturated heterocycles. The number of anilines is 2. The first-order valence-corrected chi connectivity index (χ1v) is 9.66. The van der Waals surface area contributed by atoms with Crippen LogP contribution in [0.25, 0.3) is 0 Å². The van der Waals surface area contributed by atoms with Crippen molar-refractivity contribution < 1.29 is 13.2 Å². The van der Waals surface area contributed by atoms with Gasteiger partial charge in [-0.1, -0.05) is 0 Å². The highest BCUT2D eigenvalue weighted by Gasteiger charge is 2.28. The summed E-state index contributed by atoms with van der Waals surface area (Å²) >= 11 is 1.45. The van der Waals surface area contributed by atoms with Gasteiger partial charge in [-0.3, -0.25) is 9.52 Å². The number of rotatable bonds is 5. The number of sulfonamides is 1. The third kappa shape index (κ3) is 3.66. The summed E-state index contributed by atoms with van der Waals surface area (Å²) in [7, 11) is -3.29. The Labute approximate surface area is 133 Å². The fraction of sp³-hybridized carbons (Fsp3) is 0.267.